The first-order valence-corrected chi connectivity index (χ1v) is 12.9. The molecule has 2 atom stereocenters. The van der Waals surface area contributed by atoms with E-state index >= 15 is 4.39 Å². The van der Waals surface area contributed by atoms with Crippen LogP contribution in [0.5, 0.6) is 5.75 Å². The molecule has 218 valence electrons. The zero-order valence-corrected chi connectivity index (χ0v) is 22.1. The molecular formula is C28H30F4N6O3. The number of nitrogens with one attached hydrogen (secondary N) is 2. The third-order valence-electron chi connectivity index (χ3n) is 6.49. The first-order valence-electron chi connectivity index (χ1n) is 12.9. The van der Waals surface area contributed by atoms with Crippen molar-refractivity contribution in [3.8, 4) is 22.7 Å². The van der Waals surface area contributed by atoms with E-state index in [0.717, 1.165) is 6.07 Å². The molecule has 4 rings (SSSR count). The Morgan fingerprint density at radius 3 is 2.54 bits per heavy atom. The fraction of sp³-hybridized carbons (Fsp3) is 0.321. The van der Waals surface area contributed by atoms with Crippen molar-refractivity contribution < 1.29 is 27.4 Å². The summed E-state index contributed by atoms with van der Waals surface area (Å²) in [5, 5.41) is 18.0. The first kappa shape index (κ1) is 29.7. The maximum absolute atomic E-state index is 15.3. The van der Waals surface area contributed by atoms with Crippen LogP contribution in [0.15, 0.2) is 53.5 Å². The number of H-pyrrole nitrogens is 1. The highest BCUT2D eigenvalue weighted by molar-refractivity contribution is 5.83. The number of benzene rings is 2. The van der Waals surface area contributed by atoms with E-state index in [-0.39, 0.29) is 41.6 Å². The molecule has 4 aromatic rings. The monoisotopic (exact) mass is 574 g/mol. The van der Waals surface area contributed by atoms with Crippen LogP contribution < -0.4 is 21.9 Å². The molecule has 2 aromatic heterocycles. The van der Waals surface area contributed by atoms with Crippen LogP contribution in [0.1, 0.15) is 49.8 Å². The smallest absolute Gasteiger partial charge is 0.403 e. The largest absolute Gasteiger partial charge is 0.573 e. The zero-order chi connectivity index (χ0) is 29.9. The van der Waals surface area contributed by atoms with Gasteiger partial charge >= 0.3 is 12.1 Å². The predicted molar refractivity (Wildman–Crippen MR) is 146 cm³/mol. The number of nitrogens with zero attached hydrogens (tertiary/aromatic N) is 2. The van der Waals surface area contributed by atoms with Crippen LogP contribution in [-0.4, -0.2) is 37.9 Å². The lowest BCUT2D eigenvalue weighted by atomic mass is 10.0. The highest BCUT2D eigenvalue weighted by atomic mass is 19.4. The number of fused-ring (bicyclic) bond motifs is 1. The minimum atomic E-state index is -5.09. The molecule has 0 saturated carbocycles. The van der Waals surface area contributed by atoms with Gasteiger partial charge in [0.1, 0.15) is 5.65 Å². The van der Waals surface area contributed by atoms with E-state index in [9.17, 15) is 23.1 Å². The maximum Gasteiger partial charge on any atom is 0.573 e. The summed E-state index contributed by atoms with van der Waals surface area (Å²) in [6.45, 7) is 1.82. The van der Waals surface area contributed by atoms with Gasteiger partial charge in [0.15, 0.2) is 11.6 Å². The van der Waals surface area contributed by atoms with Crippen LogP contribution in [0.3, 0.4) is 0 Å². The topological polar surface area (TPSA) is 156 Å². The molecule has 0 bridgehead atoms. The molecule has 0 aliphatic rings. The number of hydrogen-bond acceptors (Lipinski definition) is 6. The molecule has 2 heterocycles. The van der Waals surface area contributed by atoms with Crippen LogP contribution in [0, 0.1) is 11.2 Å². The van der Waals surface area contributed by atoms with Crippen molar-refractivity contribution in [3.63, 3.8) is 0 Å². The Labute approximate surface area is 232 Å². The number of aryl methyl sites for hydroxylation is 1. The Morgan fingerprint density at radius 1 is 1.20 bits per heavy atom. The fourth-order valence-electron chi connectivity index (χ4n) is 4.46. The Kier molecular flexibility index (Phi) is 8.78. The molecule has 9 nitrogen and oxygen atoms in total. The van der Waals surface area contributed by atoms with Crippen molar-refractivity contribution in [3.05, 3.63) is 76.1 Å². The van der Waals surface area contributed by atoms with E-state index in [2.05, 4.69) is 14.7 Å². The number of alkyl halides is 3. The Hall–Kier alpha value is -4.23. The molecule has 1 unspecified atom stereocenters. The second-order valence-corrected chi connectivity index (χ2v) is 9.92. The van der Waals surface area contributed by atoms with Crippen molar-refractivity contribution in [1.29, 1.82) is 5.41 Å². The molecule has 0 saturated heterocycles. The van der Waals surface area contributed by atoms with Gasteiger partial charge in [-0.25, -0.2) is 9.18 Å². The molecule has 13 heteroatoms. The molecule has 0 aliphatic heterocycles. The number of aromatic amines is 1. The van der Waals surface area contributed by atoms with E-state index in [1.165, 1.54) is 22.9 Å². The third kappa shape index (κ3) is 7.50. The van der Waals surface area contributed by atoms with Crippen molar-refractivity contribution in [2.75, 3.05) is 0 Å². The Balaban J connectivity index is 1.69. The van der Waals surface area contributed by atoms with Gasteiger partial charge in [-0.1, -0.05) is 12.1 Å². The maximum atomic E-state index is 15.3. The number of amidine groups is 1. The minimum Gasteiger partial charge on any atom is -0.403 e. The lowest BCUT2D eigenvalue weighted by molar-refractivity contribution is -0.275. The van der Waals surface area contributed by atoms with Gasteiger partial charge < -0.3 is 26.3 Å². The van der Waals surface area contributed by atoms with Gasteiger partial charge in [0.2, 0.25) is 0 Å². The van der Waals surface area contributed by atoms with Gasteiger partial charge in [-0.2, -0.15) is 4.98 Å². The van der Waals surface area contributed by atoms with Crippen LogP contribution in [0.25, 0.3) is 28.0 Å². The van der Waals surface area contributed by atoms with E-state index in [1.807, 2.05) is 6.92 Å². The standard InChI is InChI=1S/C28H30F4N6O3/c1-15(33)3-2-4-16-11-20(25(29)23(12-16)41-28(30,31)32)21-13-18-14-38(27(40)37-26(18)36-21)19-7-5-17(6-8-19)22(39)9-10-24(34)35/h5-8,11-15,22,39H,2-4,9-10,33H2,1H3,(H3,34,35)(H,36,37,40)/t15-,22?/m0/s1. The quantitative estimate of drug-likeness (QED) is 0.0981. The Bertz CT molecular complexity index is 1600. The van der Waals surface area contributed by atoms with E-state index < -0.39 is 29.7 Å². The second-order valence-electron chi connectivity index (χ2n) is 9.92. The van der Waals surface area contributed by atoms with Crippen LogP contribution >= 0.6 is 0 Å². The third-order valence-corrected chi connectivity index (χ3v) is 6.49. The van der Waals surface area contributed by atoms with E-state index in [4.69, 9.17) is 16.9 Å². The minimum absolute atomic E-state index is 0.0330. The van der Waals surface area contributed by atoms with E-state index in [0.29, 0.717) is 41.5 Å². The molecule has 0 aliphatic carbocycles. The first-order chi connectivity index (χ1) is 19.3. The van der Waals surface area contributed by atoms with Crippen molar-refractivity contribution in [2.24, 2.45) is 11.5 Å². The summed E-state index contributed by atoms with van der Waals surface area (Å²) in [5.41, 5.74) is 12.0. The molecule has 0 spiro atoms. The molecule has 2 aromatic carbocycles. The number of aliphatic hydroxyl groups is 1. The summed E-state index contributed by atoms with van der Waals surface area (Å²) in [7, 11) is 0. The van der Waals surface area contributed by atoms with Gasteiger partial charge in [-0.05, 0) is 74.1 Å². The normalized spacial score (nSPS) is 13.3. The summed E-state index contributed by atoms with van der Waals surface area (Å²) >= 11 is 0. The molecule has 41 heavy (non-hydrogen) atoms. The summed E-state index contributed by atoms with van der Waals surface area (Å²) < 4.78 is 59.5. The highest BCUT2D eigenvalue weighted by Gasteiger charge is 2.33. The molecule has 0 amide bonds. The van der Waals surface area contributed by atoms with Crippen LogP contribution in [-0.2, 0) is 6.42 Å². The molecule has 0 radical (unpaired) electrons. The summed E-state index contributed by atoms with van der Waals surface area (Å²) in [6, 6.07) is 10.3. The van der Waals surface area contributed by atoms with E-state index in [1.54, 1.807) is 24.3 Å². The number of halogens is 4. The SMILES string of the molecule is C[C@H](N)CCCc1cc(OC(F)(F)F)c(F)c(-c2cc3cn(-c4ccc(C(O)CCC(=N)N)cc4)c(=O)nc3[nH]2)c1. The van der Waals surface area contributed by atoms with Crippen molar-refractivity contribution in [1.82, 2.24) is 14.5 Å². The number of rotatable bonds is 11. The second kappa shape index (κ2) is 12.1. The molecule has 7 N–H and O–H groups in total. The van der Waals surface area contributed by atoms with Crippen LogP contribution in [0.4, 0.5) is 17.6 Å². The lowest BCUT2D eigenvalue weighted by Gasteiger charge is -2.14. The van der Waals surface area contributed by atoms with Gasteiger partial charge in [0.05, 0.1) is 23.3 Å². The van der Waals surface area contributed by atoms with Gasteiger partial charge in [0, 0.05) is 29.6 Å². The number of aliphatic hydroxyl groups excluding tert-OH is 1. The summed E-state index contributed by atoms with van der Waals surface area (Å²) in [4.78, 5) is 19.7. The average Bonchev–Trinajstić information content (AvgIpc) is 3.30. The average molecular weight is 575 g/mol. The van der Waals surface area contributed by atoms with Crippen LogP contribution in [0.2, 0.25) is 0 Å². The summed E-state index contributed by atoms with van der Waals surface area (Å²) in [5.74, 6) is -2.20. The number of ether oxygens (including phenoxy) is 1. The van der Waals surface area contributed by atoms with Gasteiger partial charge in [-0.15, -0.1) is 13.2 Å². The summed E-state index contributed by atoms with van der Waals surface area (Å²) in [6.07, 6.45) is -2.39. The number of aromatic nitrogens is 3. The molecular weight excluding hydrogens is 544 g/mol. The fourth-order valence-corrected chi connectivity index (χ4v) is 4.46. The Morgan fingerprint density at radius 2 is 1.90 bits per heavy atom. The predicted octanol–water partition coefficient (Wildman–Crippen LogP) is 4.84. The van der Waals surface area contributed by atoms with Crippen molar-refractivity contribution in [2.45, 2.75) is 57.5 Å². The van der Waals surface area contributed by atoms with Crippen molar-refractivity contribution >= 4 is 16.9 Å². The molecule has 0 fully saturated rings. The number of nitrogens with two attached hydrogens (primary N) is 2. The number of hydrogen-bond donors (Lipinski definition) is 5. The van der Waals surface area contributed by atoms with Gasteiger partial charge in [-0.3, -0.25) is 9.98 Å². The zero-order valence-electron chi connectivity index (χ0n) is 22.1. The lowest BCUT2D eigenvalue weighted by Crippen LogP contribution is -2.20. The van der Waals surface area contributed by atoms with Gasteiger partial charge in [0.25, 0.3) is 0 Å². The highest BCUT2D eigenvalue weighted by Crippen LogP contribution is 2.35.